The second-order valence-electron chi connectivity index (χ2n) is 4.35. The number of hydrogen-bond acceptors (Lipinski definition) is 5. The number of rotatable bonds is 6. The predicted octanol–water partition coefficient (Wildman–Crippen LogP) is 1.85. The smallest absolute Gasteiger partial charge is 0.141 e. The summed E-state index contributed by atoms with van der Waals surface area (Å²) in [7, 11) is 3.29. The largest absolute Gasteiger partial charge is 0.496 e. The average molecular weight is 273 g/mol. The maximum atomic E-state index is 5.70. The van der Waals surface area contributed by atoms with Gasteiger partial charge in [-0.1, -0.05) is 18.2 Å². The van der Waals surface area contributed by atoms with Crippen LogP contribution in [0, 0.1) is 0 Å². The second-order valence-corrected chi connectivity index (χ2v) is 4.35. The maximum Gasteiger partial charge on any atom is 0.141 e. The van der Waals surface area contributed by atoms with Crippen molar-refractivity contribution in [1.82, 2.24) is 10.4 Å². The fraction of sp³-hybridized carbons (Fsp3) is 0.267. The number of ether oxygens (including phenoxy) is 2. The van der Waals surface area contributed by atoms with Crippen LogP contribution in [-0.2, 0) is 6.42 Å². The van der Waals surface area contributed by atoms with Crippen LogP contribution in [0.3, 0.4) is 0 Å². The summed E-state index contributed by atoms with van der Waals surface area (Å²) < 4.78 is 10.7. The van der Waals surface area contributed by atoms with Gasteiger partial charge in [0.1, 0.15) is 11.5 Å². The van der Waals surface area contributed by atoms with Gasteiger partial charge in [-0.3, -0.25) is 16.3 Å². The fourth-order valence-electron chi connectivity index (χ4n) is 2.20. The molecular weight excluding hydrogens is 254 g/mol. The van der Waals surface area contributed by atoms with Crippen molar-refractivity contribution in [2.45, 2.75) is 12.5 Å². The van der Waals surface area contributed by atoms with E-state index in [0.29, 0.717) is 12.2 Å². The summed E-state index contributed by atoms with van der Waals surface area (Å²) in [6.45, 7) is 0. The minimum absolute atomic E-state index is 0.0794. The lowest BCUT2D eigenvalue weighted by atomic mass is 9.99. The normalized spacial score (nSPS) is 11.9. The second kappa shape index (κ2) is 6.88. The highest BCUT2D eigenvalue weighted by Crippen LogP contribution is 2.29. The van der Waals surface area contributed by atoms with Crippen LogP contribution in [0.5, 0.6) is 11.5 Å². The lowest BCUT2D eigenvalue weighted by molar-refractivity contribution is 0.391. The Bertz CT molecular complexity index is 560. The zero-order chi connectivity index (χ0) is 14.4. The van der Waals surface area contributed by atoms with Crippen LogP contribution >= 0.6 is 0 Å². The van der Waals surface area contributed by atoms with E-state index in [1.807, 2.05) is 30.3 Å². The Kier molecular flexibility index (Phi) is 4.92. The standard InChI is InChI=1S/C15H19N3O2/c1-19-14-6-4-3-5-11(14)9-13(18-16)12-7-8-17-10-15(12)20-2/h3-8,10,13,18H,9,16H2,1-2H3. The molecule has 2 aromatic rings. The van der Waals surface area contributed by atoms with Crippen molar-refractivity contribution in [3.05, 3.63) is 53.9 Å². The molecule has 1 unspecified atom stereocenters. The Morgan fingerprint density at radius 1 is 1.15 bits per heavy atom. The van der Waals surface area contributed by atoms with Crippen molar-refractivity contribution in [1.29, 1.82) is 0 Å². The third-order valence-corrected chi connectivity index (χ3v) is 3.23. The summed E-state index contributed by atoms with van der Waals surface area (Å²) in [5.41, 5.74) is 4.88. The van der Waals surface area contributed by atoms with Gasteiger partial charge in [-0.15, -0.1) is 0 Å². The van der Waals surface area contributed by atoms with E-state index >= 15 is 0 Å². The maximum absolute atomic E-state index is 5.70. The molecular formula is C15H19N3O2. The molecule has 1 aromatic heterocycles. The molecule has 0 bridgehead atoms. The molecule has 0 radical (unpaired) electrons. The molecule has 1 heterocycles. The minimum atomic E-state index is -0.0794. The molecule has 0 saturated carbocycles. The van der Waals surface area contributed by atoms with Gasteiger partial charge in [-0.25, -0.2) is 0 Å². The summed E-state index contributed by atoms with van der Waals surface area (Å²) >= 11 is 0. The van der Waals surface area contributed by atoms with E-state index in [4.69, 9.17) is 15.3 Å². The molecule has 0 aliphatic rings. The number of hydrazine groups is 1. The number of hydrogen-bond donors (Lipinski definition) is 2. The summed E-state index contributed by atoms with van der Waals surface area (Å²) in [5.74, 6) is 7.26. The first-order chi connectivity index (χ1) is 9.80. The van der Waals surface area contributed by atoms with E-state index in [9.17, 15) is 0 Å². The van der Waals surface area contributed by atoms with Crippen molar-refractivity contribution in [3.63, 3.8) is 0 Å². The Morgan fingerprint density at radius 3 is 2.60 bits per heavy atom. The summed E-state index contributed by atoms with van der Waals surface area (Å²) in [4.78, 5) is 4.06. The van der Waals surface area contributed by atoms with Crippen LogP contribution in [0.1, 0.15) is 17.2 Å². The van der Waals surface area contributed by atoms with Gasteiger partial charge in [-0.05, 0) is 24.1 Å². The van der Waals surface area contributed by atoms with Crippen LogP contribution in [0.15, 0.2) is 42.7 Å². The zero-order valence-corrected chi connectivity index (χ0v) is 11.7. The SMILES string of the molecule is COc1ccccc1CC(NN)c1ccncc1OC. The topological polar surface area (TPSA) is 69.4 Å². The molecule has 0 amide bonds. The third-order valence-electron chi connectivity index (χ3n) is 3.23. The number of methoxy groups -OCH3 is 2. The first-order valence-electron chi connectivity index (χ1n) is 6.36. The van der Waals surface area contributed by atoms with E-state index in [1.165, 1.54) is 0 Å². The number of pyridine rings is 1. The Labute approximate surface area is 118 Å². The van der Waals surface area contributed by atoms with Gasteiger partial charge in [0.2, 0.25) is 0 Å². The predicted molar refractivity (Wildman–Crippen MR) is 77.6 cm³/mol. The first-order valence-corrected chi connectivity index (χ1v) is 6.36. The minimum Gasteiger partial charge on any atom is -0.496 e. The lowest BCUT2D eigenvalue weighted by Gasteiger charge is -2.19. The van der Waals surface area contributed by atoms with Crippen LogP contribution in [0.2, 0.25) is 0 Å². The highest BCUT2D eigenvalue weighted by atomic mass is 16.5. The van der Waals surface area contributed by atoms with E-state index < -0.39 is 0 Å². The number of benzene rings is 1. The summed E-state index contributed by atoms with van der Waals surface area (Å²) in [6.07, 6.45) is 4.10. The quantitative estimate of drug-likeness (QED) is 0.621. The highest BCUT2D eigenvalue weighted by Gasteiger charge is 2.17. The summed E-state index contributed by atoms with van der Waals surface area (Å²) in [6, 6.07) is 9.71. The van der Waals surface area contributed by atoms with Gasteiger partial charge in [0.05, 0.1) is 26.5 Å². The average Bonchev–Trinajstić information content (AvgIpc) is 2.53. The van der Waals surface area contributed by atoms with Crippen molar-refractivity contribution >= 4 is 0 Å². The zero-order valence-electron chi connectivity index (χ0n) is 11.7. The van der Waals surface area contributed by atoms with E-state index in [1.54, 1.807) is 26.6 Å². The molecule has 0 saturated heterocycles. The lowest BCUT2D eigenvalue weighted by Crippen LogP contribution is -2.30. The molecule has 3 N–H and O–H groups in total. The number of nitrogens with one attached hydrogen (secondary N) is 1. The van der Waals surface area contributed by atoms with Gasteiger partial charge in [0.15, 0.2) is 0 Å². The number of nitrogens with two attached hydrogens (primary N) is 1. The number of para-hydroxylation sites is 1. The van der Waals surface area contributed by atoms with Gasteiger partial charge in [-0.2, -0.15) is 0 Å². The molecule has 1 atom stereocenters. The summed E-state index contributed by atoms with van der Waals surface area (Å²) in [5, 5.41) is 0. The van der Waals surface area contributed by atoms with E-state index in [2.05, 4.69) is 10.4 Å². The number of aromatic nitrogens is 1. The number of nitrogens with zero attached hydrogens (tertiary/aromatic N) is 1. The molecule has 0 fully saturated rings. The molecule has 106 valence electrons. The highest BCUT2D eigenvalue weighted by molar-refractivity contribution is 5.38. The van der Waals surface area contributed by atoms with E-state index in [0.717, 1.165) is 16.9 Å². The molecule has 5 nitrogen and oxygen atoms in total. The van der Waals surface area contributed by atoms with Crippen LogP contribution < -0.4 is 20.7 Å². The van der Waals surface area contributed by atoms with Crippen molar-refractivity contribution < 1.29 is 9.47 Å². The Hall–Kier alpha value is -2.11. The van der Waals surface area contributed by atoms with Gasteiger partial charge in [0.25, 0.3) is 0 Å². The van der Waals surface area contributed by atoms with Crippen LogP contribution in [-0.4, -0.2) is 19.2 Å². The fourth-order valence-corrected chi connectivity index (χ4v) is 2.20. The molecule has 1 aromatic carbocycles. The Balaban J connectivity index is 2.29. The van der Waals surface area contributed by atoms with Gasteiger partial charge >= 0.3 is 0 Å². The van der Waals surface area contributed by atoms with E-state index in [-0.39, 0.29) is 6.04 Å². The van der Waals surface area contributed by atoms with Gasteiger partial charge in [0, 0.05) is 11.8 Å². The first kappa shape index (κ1) is 14.3. The van der Waals surface area contributed by atoms with Crippen molar-refractivity contribution in [3.8, 4) is 11.5 Å². The molecule has 0 spiro atoms. The monoisotopic (exact) mass is 273 g/mol. The Morgan fingerprint density at radius 2 is 1.90 bits per heavy atom. The molecule has 5 heteroatoms. The van der Waals surface area contributed by atoms with Gasteiger partial charge < -0.3 is 9.47 Å². The van der Waals surface area contributed by atoms with Crippen molar-refractivity contribution in [2.24, 2.45) is 5.84 Å². The van der Waals surface area contributed by atoms with Crippen LogP contribution in [0.25, 0.3) is 0 Å². The molecule has 0 aliphatic carbocycles. The molecule has 0 aliphatic heterocycles. The van der Waals surface area contributed by atoms with Crippen LogP contribution in [0.4, 0.5) is 0 Å². The third kappa shape index (κ3) is 3.07. The van der Waals surface area contributed by atoms with Crippen molar-refractivity contribution in [2.75, 3.05) is 14.2 Å². The molecule has 20 heavy (non-hydrogen) atoms. The molecule has 2 rings (SSSR count).